The summed E-state index contributed by atoms with van der Waals surface area (Å²) in [6, 6.07) is 11.9. The molecule has 1 saturated heterocycles. The van der Waals surface area contributed by atoms with Gasteiger partial charge in [-0.2, -0.15) is 0 Å². The van der Waals surface area contributed by atoms with Gasteiger partial charge in [0.15, 0.2) is 5.78 Å². The van der Waals surface area contributed by atoms with Gasteiger partial charge in [-0.3, -0.25) is 14.1 Å². The number of para-hydroxylation sites is 1. The predicted molar refractivity (Wildman–Crippen MR) is 119 cm³/mol. The number of nitrogens with two attached hydrogens (primary N) is 1. The molecule has 0 unspecified atom stereocenters. The molecule has 2 heterocycles. The summed E-state index contributed by atoms with van der Waals surface area (Å²) in [5, 5.41) is -0.705. The van der Waals surface area contributed by atoms with Gasteiger partial charge in [0.25, 0.3) is 0 Å². The third kappa shape index (κ3) is 5.48. The molecule has 0 atom stereocenters. The molecule has 2 aromatic rings. The molecule has 9 nitrogen and oxygen atoms in total. The van der Waals surface area contributed by atoms with Crippen LogP contribution in [0.2, 0.25) is 0 Å². The first-order valence-corrected chi connectivity index (χ1v) is 13.2. The van der Waals surface area contributed by atoms with Gasteiger partial charge in [0.1, 0.15) is 0 Å². The molecule has 0 radical (unpaired) electrons. The second kappa shape index (κ2) is 9.43. The second-order valence-electron chi connectivity index (χ2n) is 7.41. The molecule has 1 aliphatic heterocycles. The van der Waals surface area contributed by atoms with Gasteiger partial charge >= 0.3 is 0 Å². The van der Waals surface area contributed by atoms with Crippen molar-refractivity contribution < 1.29 is 21.6 Å². The Balaban J connectivity index is 1.86. The fraction of sp³-hybridized carbons (Fsp3) is 0.400. The highest BCUT2D eigenvalue weighted by atomic mass is 32.2. The number of aromatic nitrogens is 1. The van der Waals surface area contributed by atoms with E-state index in [0.717, 1.165) is 6.26 Å². The fourth-order valence-corrected chi connectivity index (χ4v) is 6.28. The highest BCUT2D eigenvalue weighted by molar-refractivity contribution is 7.93. The van der Waals surface area contributed by atoms with Gasteiger partial charge in [0.05, 0.1) is 36.0 Å². The van der Waals surface area contributed by atoms with E-state index in [1.165, 1.54) is 14.8 Å². The van der Waals surface area contributed by atoms with Crippen LogP contribution in [0.4, 0.5) is 5.69 Å². The highest BCUT2D eigenvalue weighted by Crippen LogP contribution is 2.28. The number of rotatable bonds is 8. The van der Waals surface area contributed by atoms with E-state index < -0.39 is 25.3 Å². The summed E-state index contributed by atoms with van der Waals surface area (Å²) in [7, 11) is -7.14. The number of sulfonamides is 2. The molecule has 2 N–H and O–H groups in total. The Bertz CT molecular complexity index is 1110. The molecular formula is C20H26N4O5S2. The summed E-state index contributed by atoms with van der Waals surface area (Å²) >= 11 is 0. The minimum Gasteiger partial charge on any atom is -0.324 e. The Hall–Kier alpha value is -2.34. The zero-order chi connectivity index (χ0) is 22.6. The lowest BCUT2D eigenvalue weighted by molar-refractivity contribution is 0.100. The number of nitrogens with zero attached hydrogens (tertiary/aromatic N) is 3. The number of carbonyl (C=O) groups excluding carboxylic acids is 1. The minimum absolute atomic E-state index is 0.00423. The maximum atomic E-state index is 13.5. The Morgan fingerprint density at radius 1 is 1.10 bits per heavy atom. The van der Waals surface area contributed by atoms with Crippen LogP contribution in [-0.4, -0.2) is 63.0 Å². The maximum Gasteiger partial charge on any atom is 0.238 e. The number of hydrogen-bond donors (Lipinski definition) is 1. The van der Waals surface area contributed by atoms with Gasteiger partial charge in [-0.1, -0.05) is 18.2 Å². The van der Waals surface area contributed by atoms with Crippen molar-refractivity contribution >= 4 is 31.5 Å². The summed E-state index contributed by atoms with van der Waals surface area (Å²) in [6.45, 7) is 0.201. The fourth-order valence-electron chi connectivity index (χ4n) is 3.51. The lowest BCUT2D eigenvalue weighted by Gasteiger charge is -2.34. The minimum atomic E-state index is -3.79. The van der Waals surface area contributed by atoms with E-state index in [9.17, 15) is 21.6 Å². The number of carbonyl (C=O) groups is 1. The second-order valence-corrected chi connectivity index (χ2v) is 11.5. The van der Waals surface area contributed by atoms with Crippen LogP contribution in [0.3, 0.4) is 0 Å². The van der Waals surface area contributed by atoms with Crippen LogP contribution in [0.25, 0.3) is 0 Å². The molecule has 168 valence electrons. The number of Topliss-reactive ketones (excluding diaryl/α,β-unsaturated/α-hetero) is 1. The molecule has 11 heteroatoms. The van der Waals surface area contributed by atoms with E-state index in [4.69, 9.17) is 5.73 Å². The third-order valence-corrected chi connectivity index (χ3v) is 8.85. The average Bonchev–Trinajstić information content (AvgIpc) is 2.77. The van der Waals surface area contributed by atoms with Crippen LogP contribution in [0.5, 0.6) is 0 Å². The number of pyridine rings is 1. The number of hydrogen-bond acceptors (Lipinski definition) is 7. The maximum absolute atomic E-state index is 13.5. The van der Waals surface area contributed by atoms with Crippen LogP contribution in [0, 0.1) is 0 Å². The van der Waals surface area contributed by atoms with Crippen molar-refractivity contribution in [1.82, 2.24) is 9.29 Å². The lowest BCUT2D eigenvalue weighted by atomic mass is 10.2. The lowest BCUT2D eigenvalue weighted by Crippen LogP contribution is -2.46. The molecule has 1 aromatic carbocycles. The molecule has 0 bridgehead atoms. The van der Waals surface area contributed by atoms with E-state index in [1.54, 1.807) is 42.5 Å². The molecule has 0 spiro atoms. The van der Waals surface area contributed by atoms with Crippen molar-refractivity contribution in [3.05, 3.63) is 59.9 Å². The summed E-state index contributed by atoms with van der Waals surface area (Å²) < 4.78 is 53.2. The SMILES string of the molecule is CS(=O)(=O)N1CCC(S(=O)(=O)N(Cc2ccc(C(=O)CN)cn2)c2ccccc2)CC1. The summed E-state index contributed by atoms with van der Waals surface area (Å²) in [6.07, 6.45) is 2.96. The number of piperidine rings is 1. The molecular weight excluding hydrogens is 440 g/mol. The van der Waals surface area contributed by atoms with Gasteiger partial charge < -0.3 is 5.73 Å². The van der Waals surface area contributed by atoms with E-state index >= 15 is 0 Å². The number of anilines is 1. The standard InChI is InChI=1S/C20H26N4O5S2/c1-30(26,27)23-11-9-19(10-12-23)31(28,29)24(18-5-3-2-4-6-18)15-17-8-7-16(14-22-17)20(25)13-21/h2-8,14,19H,9-13,15,21H2,1H3. The van der Waals surface area contributed by atoms with Crippen molar-refractivity contribution in [2.45, 2.75) is 24.6 Å². The molecule has 0 aliphatic carbocycles. The van der Waals surface area contributed by atoms with Crippen molar-refractivity contribution in [2.24, 2.45) is 5.73 Å². The predicted octanol–water partition coefficient (Wildman–Crippen LogP) is 0.983. The van der Waals surface area contributed by atoms with Crippen LogP contribution in [0.1, 0.15) is 28.9 Å². The molecule has 1 aromatic heterocycles. The van der Waals surface area contributed by atoms with Crippen LogP contribution < -0.4 is 10.0 Å². The summed E-state index contributed by atoms with van der Waals surface area (Å²) in [5.74, 6) is -0.246. The van der Waals surface area contributed by atoms with Crippen LogP contribution in [0.15, 0.2) is 48.7 Å². The van der Waals surface area contributed by atoms with E-state index in [-0.39, 0.29) is 44.8 Å². The Kier molecular flexibility index (Phi) is 7.10. The molecule has 0 amide bonds. The summed E-state index contributed by atoms with van der Waals surface area (Å²) in [4.78, 5) is 16.0. The smallest absolute Gasteiger partial charge is 0.238 e. The summed E-state index contributed by atoms with van der Waals surface area (Å²) in [5.41, 5.74) is 6.72. The normalized spacial score (nSPS) is 16.2. The van der Waals surface area contributed by atoms with Gasteiger partial charge in [-0.25, -0.2) is 21.1 Å². The monoisotopic (exact) mass is 466 g/mol. The van der Waals surface area contributed by atoms with Gasteiger partial charge in [0, 0.05) is 24.8 Å². The Labute approximate surface area is 183 Å². The highest BCUT2D eigenvalue weighted by Gasteiger charge is 2.37. The van der Waals surface area contributed by atoms with Crippen molar-refractivity contribution in [2.75, 3.05) is 30.2 Å². The van der Waals surface area contributed by atoms with Crippen LogP contribution in [-0.2, 0) is 26.6 Å². The zero-order valence-electron chi connectivity index (χ0n) is 17.2. The molecule has 1 fully saturated rings. The Morgan fingerprint density at radius 3 is 2.26 bits per heavy atom. The van der Waals surface area contributed by atoms with E-state index in [1.807, 2.05) is 0 Å². The van der Waals surface area contributed by atoms with Crippen molar-refractivity contribution in [3.63, 3.8) is 0 Å². The Morgan fingerprint density at radius 2 is 1.74 bits per heavy atom. The van der Waals surface area contributed by atoms with E-state index in [0.29, 0.717) is 16.9 Å². The first-order chi connectivity index (χ1) is 14.6. The first-order valence-electron chi connectivity index (χ1n) is 9.83. The molecule has 1 aliphatic rings. The quantitative estimate of drug-likeness (QED) is 0.574. The van der Waals surface area contributed by atoms with E-state index in [2.05, 4.69) is 4.98 Å². The van der Waals surface area contributed by atoms with Gasteiger partial charge in [-0.15, -0.1) is 0 Å². The topological polar surface area (TPSA) is 131 Å². The molecule has 3 rings (SSSR count). The van der Waals surface area contributed by atoms with Gasteiger partial charge in [0.2, 0.25) is 20.0 Å². The van der Waals surface area contributed by atoms with Crippen molar-refractivity contribution in [3.8, 4) is 0 Å². The van der Waals surface area contributed by atoms with Crippen LogP contribution >= 0.6 is 0 Å². The number of ketones is 1. The first kappa shape index (κ1) is 23.3. The molecule has 31 heavy (non-hydrogen) atoms. The molecule has 0 saturated carbocycles. The zero-order valence-corrected chi connectivity index (χ0v) is 18.8. The third-order valence-electron chi connectivity index (χ3n) is 5.28. The van der Waals surface area contributed by atoms with Gasteiger partial charge in [-0.05, 0) is 37.1 Å². The number of benzene rings is 1. The van der Waals surface area contributed by atoms with Crippen molar-refractivity contribution in [1.29, 1.82) is 0 Å². The largest absolute Gasteiger partial charge is 0.324 e. The average molecular weight is 467 g/mol.